The van der Waals surface area contributed by atoms with Crippen molar-refractivity contribution in [2.24, 2.45) is 10.7 Å². The summed E-state index contributed by atoms with van der Waals surface area (Å²) in [6.45, 7) is 14.3. The summed E-state index contributed by atoms with van der Waals surface area (Å²) in [5.74, 6) is 0.691. The highest BCUT2D eigenvalue weighted by molar-refractivity contribution is 6.01. The molecule has 2 heteroatoms. The molecule has 0 aliphatic carbocycles. The Morgan fingerprint density at radius 3 is 1.94 bits per heavy atom. The number of fused-ring (bicyclic) bond motifs is 1. The first kappa shape index (κ1) is 13.1. The van der Waals surface area contributed by atoms with E-state index >= 15 is 0 Å². The molecule has 1 aromatic rings. The lowest BCUT2D eigenvalue weighted by Crippen LogP contribution is -2.23. The highest BCUT2D eigenvalue weighted by atomic mass is 14.9. The summed E-state index contributed by atoms with van der Waals surface area (Å²) in [6.07, 6.45) is 0. The van der Waals surface area contributed by atoms with Gasteiger partial charge in [-0.25, -0.2) is 0 Å². The van der Waals surface area contributed by atoms with Crippen LogP contribution in [0.3, 0.4) is 0 Å². The summed E-state index contributed by atoms with van der Waals surface area (Å²) in [5, 5.41) is 0. The molecule has 0 saturated heterocycles. The van der Waals surface area contributed by atoms with Crippen LogP contribution in [0, 0.1) is 0 Å². The fraction of sp³-hybridized carbons (Fsp3) is 0.562. The largest absolute Gasteiger partial charge is 0.383 e. The third-order valence-corrected chi connectivity index (χ3v) is 3.56. The van der Waals surface area contributed by atoms with Gasteiger partial charge in [-0.1, -0.05) is 47.6 Å². The Morgan fingerprint density at radius 1 is 0.944 bits per heavy atom. The average Bonchev–Trinajstić information content (AvgIpc) is 2.56. The third-order valence-electron chi connectivity index (χ3n) is 3.56. The van der Waals surface area contributed by atoms with Crippen molar-refractivity contribution in [1.29, 1.82) is 0 Å². The Morgan fingerprint density at radius 2 is 1.44 bits per heavy atom. The van der Waals surface area contributed by atoms with Crippen LogP contribution in [0.2, 0.25) is 0 Å². The van der Waals surface area contributed by atoms with Crippen molar-refractivity contribution in [3.63, 3.8) is 0 Å². The van der Waals surface area contributed by atoms with Crippen LogP contribution in [0.5, 0.6) is 0 Å². The maximum absolute atomic E-state index is 5.97. The molecule has 0 aromatic heterocycles. The number of hydrogen-bond donors (Lipinski definition) is 1. The molecule has 1 aliphatic heterocycles. The molecule has 98 valence electrons. The second kappa shape index (κ2) is 3.84. The Balaban J connectivity index is 2.69. The van der Waals surface area contributed by atoms with E-state index < -0.39 is 0 Å². The Labute approximate surface area is 110 Å². The SMILES string of the molecule is CC(C)(C)c1cc2c(cc1C(C)(C)C)C(N)=NC2. The Hall–Kier alpha value is -1.31. The van der Waals surface area contributed by atoms with Crippen molar-refractivity contribution in [3.8, 4) is 0 Å². The molecule has 0 saturated carbocycles. The van der Waals surface area contributed by atoms with Gasteiger partial charge in [0.05, 0.1) is 6.54 Å². The lowest BCUT2D eigenvalue weighted by Gasteiger charge is -2.31. The monoisotopic (exact) mass is 244 g/mol. The average molecular weight is 244 g/mol. The molecular formula is C16H24N2. The normalized spacial score (nSPS) is 15.6. The zero-order valence-electron chi connectivity index (χ0n) is 12.4. The molecule has 2 rings (SSSR count). The van der Waals surface area contributed by atoms with Crippen molar-refractivity contribution in [3.05, 3.63) is 34.4 Å². The van der Waals surface area contributed by atoms with Crippen molar-refractivity contribution in [2.45, 2.75) is 58.9 Å². The molecule has 0 radical (unpaired) electrons. The minimum Gasteiger partial charge on any atom is -0.383 e. The van der Waals surface area contributed by atoms with Crippen molar-refractivity contribution >= 4 is 5.84 Å². The first-order chi connectivity index (χ1) is 8.10. The number of aliphatic imine (C=N–C) groups is 1. The van der Waals surface area contributed by atoms with E-state index in [0.29, 0.717) is 5.84 Å². The lowest BCUT2D eigenvalue weighted by atomic mass is 9.74. The lowest BCUT2D eigenvalue weighted by molar-refractivity contribution is 0.529. The Kier molecular flexibility index (Phi) is 2.80. The quantitative estimate of drug-likeness (QED) is 0.745. The fourth-order valence-electron chi connectivity index (χ4n) is 2.51. The second-order valence-electron chi connectivity index (χ2n) is 7.26. The maximum atomic E-state index is 5.97. The standard InChI is InChI=1S/C16H24N2/c1-15(2,3)12-7-10-9-18-14(17)11(10)8-13(12)16(4,5)6/h7-8H,9H2,1-6H3,(H2,17,18). The third kappa shape index (κ3) is 2.16. The van der Waals surface area contributed by atoms with E-state index in [0.717, 1.165) is 12.1 Å². The minimum atomic E-state index is 0.126. The Bertz CT molecular complexity index is 511. The number of nitrogens with zero attached hydrogens (tertiary/aromatic N) is 1. The molecule has 0 atom stereocenters. The molecule has 2 nitrogen and oxygen atoms in total. The zero-order chi connectivity index (χ0) is 13.7. The number of hydrogen-bond acceptors (Lipinski definition) is 2. The van der Waals surface area contributed by atoms with E-state index in [9.17, 15) is 0 Å². The molecule has 0 spiro atoms. The first-order valence-corrected chi connectivity index (χ1v) is 6.59. The van der Waals surface area contributed by atoms with E-state index in [-0.39, 0.29) is 10.8 Å². The molecule has 0 fully saturated rings. The van der Waals surface area contributed by atoms with Gasteiger partial charge in [0.15, 0.2) is 0 Å². The highest BCUT2D eigenvalue weighted by Gasteiger charge is 2.28. The van der Waals surface area contributed by atoms with Gasteiger partial charge in [0.2, 0.25) is 0 Å². The molecule has 0 bridgehead atoms. The predicted molar refractivity (Wildman–Crippen MR) is 78.3 cm³/mol. The summed E-state index contributed by atoms with van der Waals surface area (Å²) in [4.78, 5) is 4.34. The number of rotatable bonds is 0. The number of amidine groups is 1. The molecule has 0 unspecified atom stereocenters. The van der Waals surface area contributed by atoms with Gasteiger partial charge in [-0.05, 0) is 33.6 Å². The van der Waals surface area contributed by atoms with Gasteiger partial charge in [0, 0.05) is 5.56 Å². The highest BCUT2D eigenvalue weighted by Crippen LogP contribution is 2.36. The summed E-state index contributed by atoms with van der Waals surface area (Å²) >= 11 is 0. The number of benzene rings is 1. The fourth-order valence-corrected chi connectivity index (χ4v) is 2.51. The van der Waals surface area contributed by atoms with Gasteiger partial charge in [0.25, 0.3) is 0 Å². The smallest absolute Gasteiger partial charge is 0.126 e. The van der Waals surface area contributed by atoms with Crippen molar-refractivity contribution in [1.82, 2.24) is 0 Å². The van der Waals surface area contributed by atoms with Gasteiger partial charge in [-0.3, -0.25) is 4.99 Å². The van der Waals surface area contributed by atoms with E-state index in [4.69, 9.17) is 5.73 Å². The van der Waals surface area contributed by atoms with E-state index in [2.05, 4.69) is 58.7 Å². The van der Waals surface area contributed by atoms with Crippen LogP contribution in [0.15, 0.2) is 17.1 Å². The molecule has 1 heterocycles. The van der Waals surface area contributed by atoms with Crippen LogP contribution >= 0.6 is 0 Å². The van der Waals surface area contributed by atoms with Gasteiger partial charge in [0.1, 0.15) is 5.84 Å². The molecule has 2 N–H and O–H groups in total. The van der Waals surface area contributed by atoms with Gasteiger partial charge in [-0.15, -0.1) is 0 Å². The predicted octanol–water partition coefficient (Wildman–Crippen LogP) is 3.50. The van der Waals surface area contributed by atoms with Gasteiger partial charge >= 0.3 is 0 Å². The summed E-state index contributed by atoms with van der Waals surface area (Å²) in [5.41, 5.74) is 11.4. The molecular weight excluding hydrogens is 220 g/mol. The van der Waals surface area contributed by atoms with Crippen molar-refractivity contribution < 1.29 is 0 Å². The molecule has 0 amide bonds. The van der Waals surface area contributed by atoms with E-state index in [1.165, 1.54) is 16.7 Å². The van der Waals surface area contributed by atoms with Crippen LogP contribution < -0.4 is 5.73 Å². The van der Waals surface area contributed by atoms with Crippen LogP contribution in [0.1, 0.15) is 63.8 Å². The van der Waals surface area contributed by atoms with Crippen LogP contribution in [-0.4, -0.2) is 5.84 Å². The summed E-state index contributed by atoms with van der Waals surface area (Å²) in [7, 11) is 0. The maximum Gasteiger partial charge on any atom is 0.126 e. The van der Waals surface area contributed by atoms with Crippen LogP contribution in [-0.2, 0) is 17.4 Å². The zero-order valence-corrected chi connectivity index (χ0v) is 12.4. The molecule has 1 aliphatic rings. The number of nitrogens with two attached hydrogens (primary N) is 1. The topological polar surface area (TPSA) is 38.4 Å². The minimum absolute atomic E-state index is 0.126. The molecule has 1 aromatic carbocycles. The second-order valence-corrected chi connectivity index (χ2v) is 7.26. The van der Waals surface area contributed by atoms with E-state index in [1.807, 2.05) is 0 Å². The van der Waals surface area contributed by atoms with Gasteiger partial charge in [-0.2, -0.15) is 0 Å². The summed E-state index contributed by atoms with van der Waals surface area (Å²) < 4.78 is 0. The van der Waals surface area contributed by atoms with Crippen LogP contribution in [0.4, 0.5) is 0 Å². The summed E-state index contributed by atoms with van der Waals surface area (Å²) in [6, 6.07) is 4.56. The van der Waals surface area contributed by atoms with Crippen molar-refractivity contribution in [2.75, 3.05) is 0 Å². The van der Waals surface area contributed by atoms with Gasteiger partial charge < -0.3 is 5.73 Å². The molecule has 18 heavy (non-hydrogen) atoms. The first-order valence-electron chi connectivity index (χ1n) is 6.59. The van der Waals surface area contributed by atoms with E-state index in [1.54, 1.807) is 0 Å². The van der Waals surface area contributed by atoms with Crippen LogP contribution in [0.25, 0.3) is 0 Å².